The largest absolute Gasteiger partial charge is 0.497 e. The summed E-state index contributed by atoms with van der Waals surface area (Å²) in [6, 6.07) is 16.0. The molecule has 0 unspecified atom stereocenters. The highest BCUT2D eigenvalue weighted by atomic mass is 32.2. The van der Waals surface area contributed by atoms with E-state index in [4.69, 9.17) is 18.9 Å². The lowest BCUT2D eigenvalue weighted by molar-refractivity contribution is -0.275. The molecule has 0 saturated carbocycles. The lowest BCUT2D eigenvalue weighted by atomic mass is 10.0. The van der Waals surface area contributed by atoms with Crippen LogP contribution in [0.4, 0.5) is 0 Å². The number of methoxy groups -OCH3 is 1. The van der Waals surface area contributed by atoms with Gasteiger partial charge in [0, 0.05) is 4.90 Å². The van der Waals surface area contributed by atoms with Gasteiger partial charge in [0.25, 0.3) is 0 Å². The predicted molar refractivity (Wildman–Crippen MR) is 124 cm³/mol. The molecular formula is C25H34O5S. The minimum Gasteiger partial charge on any atom is -0.497 e. The van der Waals surface area contributed by atoms with Crippen molar-refractivity contribution in [2.24, 2.45) is 0 Å². The van der Waals surface area contributed by atoms with Crippen LogP contribution in [-0.2, 0) is 20.8 Å². The van der Waals surface area contributed by atoms with E-state index in [2.05, 4.69) is 31.2 Å². The van der Waals surface area contributed by atoms with Crippen molar-refractivity contribution in [3.05, 3.63) is 59.7 Å². The third kappa shape index (κ3) is 6.70. The Balaban J connectivity index is 1.75. The van der Waals surface area contributed by atoms with Crippen molar-refractivity contribution in [1.82, 2.24) is 0 Å². The van der Waals surface area contributed by atoms with Crippen LogP contribution in [0.25, 0.3) is 0 Å². The van der Waals surface area contributed by atoms with Gasteiger partial charge in [-0.3, -0.25) is 0 Å². The summed E-state index contributed by atoms with van der Waals surface area (Å²) < 4.78 is 23.8. The fraction of sp³-hybridized carbons (Fsp3) is 0.520. The smallest absolute Gasteiger partial charge is 0.173 e. The van der Waals surface area contributed by atoms with Crippen LogP contribution in [0.3, 0.4) is 0 Å². The van der Waals surface area contributed by atoms with Gasteiger partial charge in [0.2, 0.25) is 0 Å². The molecule has 6 heteroatoms. The number of aryl methyl sites for hydroxylation is 1. The molecule has 5 nitrogen and oxygen atoms in total. The third-order valence-electron chi connectivity index (χ3n) is 5.12. The van der Waals surface area contributed by atoms with Crippen molar-refractivity contribution in [3.8, 4) is 5.75 Å². The summed E-state index contributed by atoms with van der Waals surface area (Å²) in [5, 5.41) is 11.0. The maximum Gasteiger partial charge on any atom is 0.173 e. The zero-order chi connectivity index (χ0) is 22.6. The van der Waals surface area contributed by atoms with Crippen LogP contribution >= 0.6 is 11.8 Å². The monoisotopic (exact) mass is 446 g/mol. The summed E-state index contributed by atoms with van der Waals surface area (Å²) in [7, 11) is 1.64. The van der Waals surface area contributed by atoms with E-state index < -0.39 is 24.1 Å². The average Bonchev–Trinajstić information content (AvgIpc) is 2.71. The van der Waals surface area contributed by atoms with Crippen LogP contribution in [0, 0.1) is 6.92 Å². The summed E-state index contributed by atoms with van der Waals surface area (Å²) >= 11 is 1.57. The molecule has 0 radical (unpaired) electrons. The molecule has 170 valence electrons. The zero-order valence-electron chi connectivity index (χ0n) is 19.2. The van der Waals surface area contributed by atoms with Crippen LogP contribution in [0.1, 0.15) is 38.8 Å². The van der Waals surface area contributed by atoms with E-state index in [1.807, 2.05) is 52.0 Å². The van der Waals surface area contributed by atoms with E-state index >= 15 is 0 Å². The Bertz CT molecular complexity index is 815. The molecule has 3 rings (SSSR count). The Labute approximate surface area is 190 Å². The highest BCUT2D eigenvalue weighted by Gasteiger charge is 2.46. The van der Waals surface area contributed by atoms with Crippen molar-refractivity contribution >= 4 is 11.8 Å². The first kappa shape index (κ1) is 24.1. The van der Waals surface area contributed by atoms with Gasteiger partial charge in [0.1, 0.15) is 11.9 Å². The Kier molecular flexibility index (Phi) is 8.05. The van der Waals surface area contributed by atoms with Crippen molar-refractivity contribution < 1.29 is 24.1 Å². The highest BCUT2D eigenvalue weighted by molar-refractivity contribution is 8.00. The molecule has 1 aliphatic heterocycles. The fourth-order valence-electron chi connectivity index (χ4n) is 3.48. The van der Waals surface area contributed by atoms with Gasteiger partial charge in [0.05, 0.1) is 36.8 Å². The topological polar surface area (TPSA) is 57.2 Å². The Morgan fingerprint density at radius 1 is 1.03 bits per heavy atom. The minimum absolute atomic E-state index is 0.310. The van der Waals surface area contributed by atoms with Gasteiger partial charge in [-0.2, -0.15) is 0 Å². The zero-order valence-corrected chi connectivity index (χ0v) is 20.0. The van der Waals surface area contributed by atoms with Crippen LogP contribution in [0.15, 0.2) is 53.4 Å². The first-order valence-corrected chi connectivity index (χ1v) is 11.5. The molecule has 0 aromatic heterocycles. The van der Waals surface area contributed by atoms with E-state index in [0.29, 0.717) is 6.61 Å². The van der Waals surface area contributed by atoms with E-state index in [9.17, 15) is 5.11 Å². The van der Waals surface area contributed by atoms with Crippen molar-refractivity contribution in [2.45, 2.75) is 81.6 Å². The Morgan fingerprint density at radius 3 is 2.26 bits per heavy atom. The molecule has 31 heavy (non-hydrogen) atoms. The van der Waals surface area contributed by atoms with Crippen LogP contribution in [-0.4, -0.2) is 47.7 Å². The Morgan fingerprint density at radius 2 is 1.68 bits per heavy atom. The van der Waals surface area contributed by atoms with Crippen molar-refractivity contribution in [1.29, 1.82) is 0 Å². The number of aliphatic hydroxyl groups is 1. The molecule has 0 amide bonds. The number of hydrogen-bond donors (Lipinski definition) is 1. The van der Waals surface area contributed by atoms with Crippen molar-refractivity contribution in [2.75, 3.05) is 7.11 Å². The van der Waals surface area contributed by atoms with Gasteiger partial charge in [-0.15, -0.1) is 11.8 Å². The first-order chi connectivity index (χ1) is 14.7. The summed E-state index contributed by atoms with van der Waals surface area (Å²) in [5.74, 6) is 0.801. The normalized spacial score (nSPS) is 26.6. The van der Waals surface area contributed by atoms with Crippen LogP contribution in [0.5, 0.6) is 5.75 Å². The molecular weight excluding hydrogens is 412 g/mol. The molecule has 0 bridgehead atoms. The summed E-state index contributed by atoms with van der Waals surface area (Å²) in [6.45, 7) is 10.3. The average molecular weight is 447 g/mol. The fourth-order valence-corrected chi connectivity index (χ4v) is 4.62. The summed E-state index contributed by atoms with van der Waals surface area (Å²) in [4.78, 5) is 1.06. The Hall–Kier alpha value is -1.57. The lowest BCUT2D eigenvalue weighted by Gasteiger charge is -2.45. The molecule has 1 aliphatic rings. The molecule has 1 heterocycles. The van der Waals surface area contributed by atoms with Gasteiger partial charge in [-0.05, 0) is 64.4 Å². The molecule has 1 fully saturated rings. The lowest BCUT2D eigenvalue weighted by Crippen LogP contribution is -2.58. The van der Waals surface area contributed by atoms with Gasteiger partial charge in [0.15, 0.2) is 6.29 Å². The molecule has 1 saturated heterocycles. The molecule has 0 aliphatic carbocycles. The second-order valence-corrected chi connectivity index (χ2v) is 10.2. The second kappa shape index (κ2) is 10.4. The second-order valence-electron chi connectivity index (χ2n) is 8.95. The molecule has 0 spiro atoms. The van der Waals surface area contributed by atoms with Gasteiger partial charge in [-0.25, -0.2) is 0 Å². The van der Waals surface area contributed by atoms with E-state index in [-0.39, 0.29) is 11.4 Å². The first-order valence-electron chi connectivity index (χ1n) is 10.7. The maximum atomic E-state index is 11.3. The summed E-state index contributed by atoms with van der Waals surface area (Å²) in [6.07, 6.45) is -2.07. The van der Waals surface area contributed by atoms with Crippen molar-refractivity contribution in [3.63, 3.8) is 0 Å². The van der Waals surface area contributed by atoms with Gasteiger partial charge < -0.3 is 24.1 Å². The molecule has 5 atom stereocenters. The molecule has 2 aromatic rings. The van der Waals surface area contributed by atoms with E-state index in [0.717, 1.165) is 16.2 Å². The SMILES string of the molecule is COc1ccc(CO[C@H]2[C@H](O)[C@@H](Sc3ccc(C)cc3)[C@H](OC(C)(C)C)O[C@H]2C)cc1. The van der Waals surface area contributed by atoms with Crippen LogP contribution in [0.2, 0.25) is 0 Å². The number of aliphatic hydroxyl groups excluding tert-OH is 1. The number of ether oxygens (including phenoxy) is 4. The van der Waals surface area contributed by atoms with Crippen LogP contribution < -0.4 is 4.74 Å². The third-order valence-corrected chi connectivity index (χ3v) is 6.43. The molecule has 1 N–H and O–H groups in total. The van der Waals surface area contributed by atoms with Gasteiger partial charge in [-0.1, -0.05) is 29.8 Å². The summed E-state index contributed by atoms with van der Waals surface area (Å²) in [5.41, 5.74) is 1.81. The quantitative estimate of drug-likeness (QED) is 0.648. The standard InChI is InChI=1S/C25H34O5S/c1-16-7-13-20(14-8-16)31-23-21(26)22(17(2)29-24(23)30-25(3,4)5)28-15-18-9-11-19(27-6)12-10-18/h7-14,17,21-24,26H,15H2,1-6H3/t17-,21-,22+,23+,24-/m0/s1. The number of rotatable bonds is 7. The number of thioether (sulfide) groups is 1. The number of benzene rings is 2. The van der Waals surface area contributed by atoms with Gasteiger partial charge >= 0.3 is 0 Å². The number of hydrogen-bond acceptors (Lipinski definition) is 6. The predicted octanol–water partition coefficient (Wildman–Crippen LogP) is 4.97. The highest BCUT2D eigenvalue weighted by Crippen LogP contribution is 2.38. The minimum atomic E-state index is -0.749. The van der Waals surface area contributed by atoms with E-state index in [1.165, 1.54) is 5.56 Å². The molecule has 2 aromatic carbocycles. The van der Waals surface area contributed by atoms with E-state index in [1.54, 1.807) is 18.9 Å². The maximum absolute atomic E-state index is 11.3.